The average Bonchev–Trinajstić information content (AvgIpc) is 3.33. The van der Waals surface area contributed by atoms with Crippen LogP contribution in [0, 0.1) is 0 Å². The molecule has 1 aliphatic rings. The lowest BCUT2D eigenvalue weighted by atomic mass is 9.96. The van der Waals surface area contributed by atoms with Gasteiger partial charge in [-0.1, -0.05) is 48.3 Å². The zero-order chi connectivity index (χ0) is 25.2. The Labute approximate surface area is 222 Å². The van der Waals surface area contributed by atoms with Gasteiger partial charge in [0.15, 0.2) is 11.7 Å². The fourth-order valence-corrected chi connectivity index (χ4v) is 5.49. The zero-order valence-corrected chi connectivity index (χ0v) is 21.7. The van der Waals surface area contributed by atoms with Crippen molar-refractivity contribution in [1.29, 1.82) is 0 Å². The number of amides is 1. The third kappa shape index (κ3) is 5.08. The summed E-state index contributed by atoms with van der Waals surface area (Å²) < 4.78 is 5.47. The van der Waals surface area contributed by atoms with Gasteiger partial charge in [0, 0.05) is 52.1 Å². The zero-order valence-electron chi connectivity index (χ0n) is 19.4. The van der Waals surface area contributed by atoms with Gasteiger partial charge in [0.05, 0.1) is 21.8 Å². The molecule has 0 aliphatic carbocycles. The van der Waals surface area contributed by atoms with E-state index in [2.05, 4.69) is 22.1 Å². The molecule has 2 aromatic carbocycles. The van der Waals surface area contributed by atoms with E-state index < -0.39 is 18.5 Å². The van der Waals surface area contributed by atoms with E-state index in [0.29, 0.717) is 38.5 Å². The number of para-hydroxylation sites is 1. The smallest absolute Gasteiger partial charge is 0.339 e. The minimum absolute atomic E-state index is 0.377. The molecule has 0 saturated carbocycles. The molecule has 0 unspecified atom stereocenters. The Bertz CT molecular complexity index is 1470. The number of carbonyl (C=O) groups is 2. The Morgan fingerprint density at radius 2 is 2.00 bits per heavy atom. The van der Waals surface area contributed by atoms with Crippen molar-refractivity contribution in [2.45, 2.75) is 19.9 Å². The number of fused-ring (bicyclic) bond motifs is 2. The predicted molar refractivity (Wildman–Crippen MR) is 143 cm³/mol. The number of hydrogen-bond acceptors (Lipinski definition) is 7. The number of ether oxygens (including phenoxy) is 1. The normalized spacial score (nSPS) is 13.4. The SMILES string of the molecule is CCN1CCc2nc3ccccc3c(C(=O)OCC(=O)Nc3nc(-c4ccc(Cl)cc4Cl)cs3)c2C1. The second-order valence-electron chi connectivity index (χ2n) is 8.33. The molecule has 0 atom stereocenters. The van der Waals surface area contributed by atoms with E-state index in [4.69, 9.17) is 32.9 Å². The van der Waals surface area contributed by atoms with Gasteiger partial charge in [0.1, 0.15) is 0 Å². The number of esters is 1. The number of aromatic nitrogens is 2. The van der Waals surface area contributed by atoms with Crippen LogP contribution in [0.2, 0.25) is 10.0 Å². The highest BCUT2D eigenvalue weighted by Crippen LogP contribution is 2.32. The number of hydrogen-bond donors (Lipinski definition) is 1. The first-order valence-corrected chi connectivity index (χ1v) is 13.1. The monoisotopic (exact) mass is 540 g/mol. The molecule has 1 N–H and O–H groups in total. The minimum atomic E-state index is -0.536. The van der Waals surface area contributed by atoms with Crippen LogP contribution in [0.3, 0.4) is 0 Å². The van der Waals surface area contributed by atoms with Crippen LogP contribution in [0.4, 0.5) is 5.13 Å². The summed E-state index contributed by atoms with van der Waals surface area (Å²) in [4.78, 5) is 37.3. The summed E-state index contributed by atoms with van der Waals surface area (Å²) in [5.74, 6) is -1.01. The van der Waals surface area contributed by atoms with Gasteiger partial charge in [-0.2, -0.15) is 0 Å². The van der Waals surface area contributed by atoms with E-state index in [-0.39, 0.29) is 0 Å². The molecule has 0 saturated heterocycles. The fourth-order valence-electron chi connectivity index (χ4n) is 4.26. The number of carbonyl (C=O) groups excluding carboxylic acids is 2. The molecule has 36 heavy (non-hydrogen) atoms. The van der Waals surface area contributed by atoms with Crippen LogP contribution in [0.25, 0.3) is 22.2 Å². The van der Waals surface area contributed by atoms with Crippen LogP contribution in [0.5, 0.6) is 0 Å². The Kier molecular flexibility index (Phi) is 7.20. The van der Waals surface area contributed by atoms with E-state index in [1.165, 1.54) is 11.3 Å². The van der Waals surface area contributed by atoms with E-state index in [0.717, 1.165) is 41.7 Å². The largest absolute Gasteiger partial charge is 0.452 e. The first kappa shape index (κ1) is 24.6. The Hall–Kier alpha value is -3.04. The summed E-state index contributed by atoms with van der Waals surface area (Å²) in [6, 6.07) is 12.6. The molecule has 0 radical (unpaired) electrons. The lowest BCUT2D eigenvalue weighted by molar-refractivity contribution is -0.119. The van der Waals surface area contributed by atoms with Crippen molar-refractivity contribution >= 4 is 62.4 Å². The lowest BCUT2D eigenvalue weighted by Gasteiger charge is -2.28. The average molecular weight is 541 g/mol. The highest BCUT2D eigenvalue weighted by molar-refractivity contribution is 7.14. The number of rotatable bonds is 6. The molecule has 4 aromatic rings. The van der Waals surface area contributed by atoms with Gasteiger partial charge in [-0.15, -0.1) is 11.3 Å². The van der Waals surface area contributed by atoms with Crippen molar-refractivity contribution in [3.63, 3.8) is 0 Å². The standard InChI is InChI=1S/C26H22Cl2N4O3S/c1-2-32-10-9-21-18(12-32)24(17-5-3-4-6-20(17)29-21)25(34)35-13-23(33)31-26-30-22(14-36-26)16-8-7-15(27)11-19(16)28/h3-8,11,14H,2,9-10,12-13H2,1H3,(H,30,31,33). The van der Waals surface area contributed by atoms with Crippen molar-refractivity contribution in [2.75, 3.05) is 25.0 Å². The van der Waals surface area contributed by atoms with Crippen LogP contribution < -0.4 is 5.32 Å². The van der Waals surface area contributed by atoms with E-state index in [9.17, 15) is 9.59 Å². The predicted octanol–water partition coefficient (Wildman–Crippen LogP) is 5.84. The first-order chi connectivity index (χ1) is 17.4. The van der Waals surface area contributed by atoms with Crippen LogP contribution in [-0.2, 0) is 22.5 Å². The molecule has 2 aromatic heterocycles. The van der Waals surface area contributed by atoms with Crippen LogP contribution in [0.1, 0.15) is 28.5 Å². The summed E-state index contributed by atoms with van der Waals surface area (Å²) in [5, 5.41) is 6.57. The maximum absolute atomic E-state index is 13.2. The van der Waals surface area contributed by atoms with Gasteiger partial charge in [-0.3, -0.25) is 20.0 Å². The van der Waals surface area contributed by atoms with Gasteiger partial charge < -0.3 is 4.74 Å². The molecule has 3 heterocycles. The number of thiazole rings is 1. The molecule has 1 amide bonds. The van der Waals surface area contributed by atoms with Gasteiger partial charge in [-0.05, 0) is 30.8 Å². The minimum Gasteiger partial charge on any atom is -0.452 e. The molecule has 0 fully saturated rings. The maximum Gasteiger partial charge on any atom is 0.339 e. The molecule has 10 heteroatoms. The Morgan fingerprint density at radius 3 is 2.81 bits per heavy atom. The molecule has 1 aliphatic heterocycles. The quantitative estimate of drug-likeness (QED) is 0.309. The molecule has 0 spiro atoms. The third-order valence-electron chi connectivity index (χ3n) is 6.07. The summed E-state index contributed by atoms with van der Waals surface area (Å²) in [5.41, 5.74) is 4.33. The number of nitrogens with zero attached hydrogens (tertiary/aromatic N) is 3. The number of anilines is 1. The van der Waals surface area contributed by atoms with Crippen LogP contribution in [-0.4, -0.2) is 46.4 Å². The second-order valence-corrected chi connectivity index (χ2v) is 10.0. The number of pyridine rings is 1. The molecular formula is C26H22Cl2N4O3S. The van der Waals surface area contributed by atoms with Gasteiger partial charge in [0.25, 0.3) is 5.91 Å². The Morgan fingerprint density at radius 1 is 1.17 bits per heavy atom. The topological polar surface area (TPSA) is 84.4 Å². The summed E-state index contributed by atoms with van der Waals surface area (Å²) in [6.45, 7) is 4.05. The number of nitrogens with one attached hydrogen (secondary N) is 1. The fraction of sp³-hybridized carbons (Fsp3) is 0.231. The molecule has 0 bridgehead atoms. The van der Waals surface area contributed by atoms with Crippen LogP contribution >= 0.6 is 34.5 Å². The van der Waals surface area contributed by atoms with E-state index >= 15 is 0 Å². The van der Waals surface area contributed by atoms with E-state index in [1.807, 2.05) is 24.3 Å². The van der Waals surface area contributed by atoms with Gasteiger partial charge in [0.2, 0.25) is 0 Å². The number of likely N-dealkylation sites (N-methyl/N-ethyl adjacent to an activating group) is 1. The van der Waals surface area contributed by atoms with Crippen molar-refractivity contribution in [3.05, 3.63) is 74.7 Å². The van der Waals surface area contributed by atoms with Crippen molar-refractivity contribution in [2.24, 2.45) is 0 Å². The molecular weight excluding hydrogens is 519 g/mol. The van der Waals surface area contributed by atoms with Crippen molar-refractivity contribution in [3.8, 4) is 11.3 Å². The number of benzene rings is 2. The maximum atomic E-state index is 13.2. The van der Waals surface area contributed by atoms with Crippen molar-refractivity contribution < 1.29 is 14.3 Å². The highest BCUT2D eigenvalue weighted by Gasteiger charge is 2.26. The lowest BCUT2D eigenvalue weighted by Crippen LogP contribution is -2.32. The molecule has 5 rings (SSSR count). The third-order valence-corrected chi connectivity index (χ3v) is 7.37. The highest BCUT2D eigenvalue weighted by atomic mass is 35.5. The summed E-state index contributed by atoms with van der Waals surface area (Å²) >= 11 is 13.5. The summed E-state index contributed by atoms with van der Waals surface area (Å²) in [6.07, 6.45) is 0.763. The molecule has 184 valence electrons. The summed E-state index contributed by atoms with van der Waals surface area (Å²) in [7, 11) is 0. The van der Waals surface area contributed by atoms with Crippen molar-refractivity contribution in [1.82, 2.24) is 14.9 Å². The first-order valence-electron chi connectivity index (χ1n) is 11.4. The Balaban J connectivity index is 1.31. The number of halogens is 2. The molecule has 7 nitrogen and oxygen atoms in total. The van der Waals surface area contributed by atoms with E-state index in [1.54, 1.807) is 23.6 Å². The van der Waals surface area contributed by atoms with Gasteiger partial charge >= 0.3 is 5.97 Å². The van der Waals surface area contributed by atoms with Gasteiger partial charge in [-0.25, -0.2) is 9.78 Å². The second kappa shape index (κ2) is 10.5. The van der Waals surface area contributed by atoms with Crippen LogP contribution in [0.15, 0.2) is 47.8 Å².